The molecule has 0 aromatic heterocycles. The molecule has 0 saturated carbocycles. The smallest absolute Gasteiger partial charge is 0.165 e. The van der Waals surface area contributed by atoms with Crippen molar-refractivity contribution in [2.75, 3.05) is 7.11 Å². The Morgan fingerprint density at radius 2 is 1.90 bits per heavy atom. The first-order valence-corrected chi connectivity index (χ1v) is 6.59. The van der Waals surface area contributed by atoms with E-state index in [-0.39, 0.29) is 17.6 Å². The summed E-state index contributed by atoms with van der Waals surface area (Å²) in [5.74, 6) is 5.02. The minimum Gasteiger partial charge on any atom is -0.494 e. The lowest BCUT2D eigenvalue weighted by molar-refractivity contribution is 0.386. The fraction of sp³-hybridized carbons (Fsp3) is 0.250. The lowest BCUT2D eigenvalue weighted by atomic mass is 9.98. The summed E-state index contributed by atoms with van der Waals surface area (Å²) in [7, 11) is 1.41. The Bertz CT molecular complexity index is 632. The molecule has 0 fully saturated rings. The van der Waals surface area contributed by atoms with E-state index in [0.29, 0.717) is 12.0 Å². The van der Waals surface area contributed by atoms with E-state index in [1.165, 1.54) is 19.2 Å². The Labute approximate surface area is 122 Å². The molecule has 0 aliphatic heterocycles. The second-order valence-electron chi connectivity index (χ2n) is 4.90. The predicted molar refractivity (Wildman–Crippen MR) is 77.9 cm³/mol. The van der Waals surface area contributed by atoms with Crippen LogP contribution in [0, 0.1) is 18.6 Å². The molecule has 112 valence electrons. The first-order valence-electron chi connectivity index (χ1n) is 6.59. The number of benzene rings is 2. The topological polar surface area (TPSA) is 47.3 Å². The van der Waals surface area contributed by atoms with Crippen molar-refractivity contribution in [3.05, 3.63) is 64.7 Å². The molecule has 0 radical (unpaired) electrons. The lowest BCUT2D eigenvalue weighted by Gasteiger charge is -2.17. The van der Waals surface area contributed by atoms with Gasteiger partial charge in [-0.15, -0.1) is 0 Å². The van der Waals surface area contributed by atoms with Gasteiger partial charge >= 0.3 is 0 Å². The van der Waals surface area contributed by atoms with Gasteiger partial charge in [0.2, 0.25) is 0 Å². The number of ether oxygens (including phenoxy) is 1. The van der Waals surface area contributed by atoms with Crippen molar-refractivity contribution >= 4 is 0 Å². The van der Waals surface area contributed by atoms with Gasteiger partial charge in [0.05, 0.1) is 13.2 Å². The van der Waals surface area contributed by atoms with E-state index in [1.54, 1.807) is 25.1 Å². The summed E-state index contributed by atoms with van der Waals surface area (Å²) in [6.45, 7) is 1.70. The molecule has 3 N–H and O–H groups in total. The number of hydrogen-bond acceptors (Lipinski definition) is 3. The third-order valence-corrected chi connectivity index (χ3v) is 3.46. The molecule has 0 heterocycles. The van der Waals surface area contributed by atoms with Crippen molar-refractivity contribution in [2.45, 2.75) is 19.4 Å². The zero-order valence-electron chi connectivity index (χ0n) is 12.0. The van der Waals surface area contributed by atoms with Gasteiger partial charge in [-0.3, -0.25) is 11.3 Å². The summed E-state index contributed by atoms with van der Waals surface area (Å²) in [4.78, 5) is 0. The highest BCUT2D eigenvalue weighted by molar-refractivity contribution is 5.32. The second kappa shape index (κ2) is 6.65. The Morgan fingerprint density at radius 1 is 1.14 bits per heavy atom. The van der Waals surface area contributed by atoms with Crippen LogP contribution in [-0.4, -0.2) is 7.11 Å². The summed E-state index contributed by atoms with van der Waals surface area (Å²) in [5, 5.41) is 0. The maximum absolute atomic E-state index is 13.7. The highest BCUT2D eigenvalue weighted by atomic mass is 19.1. The SMILES string of the molecule is COc1ccc(CC(NN)c2ccc(C)c(F)c2)cc1F. The highest BCUT2D eigenvalue weighted by Crippen LogP contribution is 2.23. The van der Waals surface area contributed by atoms with Gasteiger partial charge in [-0.2, -0.15) is 0 Å². The van der Waals surface area contributed by atoms with E-state index in [9.17, 15) is 8.78 Å². The number of hydrogen-bond donors (Lipinski definition) is 2. The van der Waals surface area contributed by atoms with E-state index in [4.69, 9.17) is 10.6 Å². The van der Waals surface area contributed by atoms with Gasteiger partial charge < -0.3 is 4.74 Å². The maximum atomic E-state index is 13.7. The number of halogens is 2. The van der Waals surface area contributed by atoms with Crippen LogP contribution in [0.2, 0.25) is 0 Å². The molecule has 21 heavy (non-hydrogen) atoms. The molecule has 0 bridgehead atoms. The van der Waals surface area contributed by atoms with Gasteiger partial charge in [0.15, 0.2) is 11.6 Å². The van der Waals surface area contributed by atoms with Crippen molar-refractivity contribution in [2.24, 2.45) is 5.84 Å². The van der Waals surface area contributed by atoms with Gasteiger partial charge in [-0.05, 0) is 48.2 Å². The summed E-state index contributed by atoms with van der Waals surface area (Å²) < 4.78 is 32.2. The van der Waals surface area contributed by atoms with Crippen molar-refractivity contribution in [1.29, 1.82) is 0 Å². The minimum atomic E-state index is -0.430. The fourth-order valence-electron chi connectivity index (χ4n) is 2.17. The zero-order valence-corrected chi connectivity index (χ0v) is 12.0. The van der Waals surface area contributed by atoms with Crippen LogP contribution in [0.15, 0.2) is 36.4 Å². The van der Waals surface area contributed by atoms with Crippen LogP contribution < -0.4 is 16.0 Å². The average Bonchev–Trinajstić information content (AvgIpc) is 2.48. The molecular formula is C16H18F2N2O. The average molecular weight is 292 g/mol. The van der Waals surface area contributed by atoms with E-state index < -0.39 is 5.82 Å². The van der Waals surface area contributed by atoms with Gasteiger partial charge in [-0.1, -0.05) is 18.2 Å². The van der Waals surface area contributed by atoms with Gasteiger partial charge in [0, 0.05) is 0 Å². The summed E-state index contributed by atoms with van der Waals surface area (Å²) in [6.07, 6.45) is 0.444. The standard InChI is InChI=1S/C16H18F2N2O/c1-10-3-5-12(9-13(10)17)15(20-19)8-11-4-6-16(21-2)14(18)7-11/h3-7,9,15,20H,8,19H2,1-2H3. The van der Waals surface area contributed by atoms with Crippen LogP contribution in [-0.2, 0) is 6.42 Å². The molecule has 2 rings (SSSR count). The molecule has 5 heteroatoms. The van der Waals surface area contributed by atoms with Crippen LogP contribution in [0.1, 0.15) is 22.7 Å². The molecule has 3 nitrogen and oxygen atoms in total. The number of nitrogens with two attached hydrogens (primary N) is 1. The Balaban J connectivity index is 2.22. The second-order valence-corrected chi connectivity index (χ2v) is 4.90. The first kappa shape index (κ1) is 15.4. The van der Waals surface area contributed by atoms with Crippen molar-refractivity contribution < 1.29 is 13.5 Å². The lowest BCUT2D eigenvalue weighted by Crippen LogP contribution is -2.29. The molecular weight excluding hydrogens is 274 g/mol. The van der Waals surface area contributed by atoms with Crippen LogP contribution in [0.3, 0.4) is 0 Å². The number of aryl methyl sites for hydroxylation is 1. The first-order chi connectivity index (χ1) is 10.0. The Morgan fingerprint density at radius 3 is 2.48 bits per heavy atom. The van der Waals surface area contributed by atoms with Gasteiger partial charge in [0.25, 0.3) is 0 Å². The number of rotatable bonds is 5. The molecule has 0 amide bonds. The van der Waals surface area contributed by atoms with Crippen LogP contribution >= 0.6 is 0 Å². The Hall–Kier alpha value is -1.98. The predicted octanol–water partition coefficient (Wildman–Crippen LogP) is 3.03. The molecule has 0 spiro atoms. The minimum absolute atomic E-state index is 0.192. The third-order valence-electron chi connectivity index (χ3n) is 3.46. The maximum Gasteiger partial charge on any atom is 0.165 e. The normalized spacial score (nSPS) is 12.2. The summed E-state index contributed by atoms with van der Waals surface area (Å²) in [5.41, 5.74) is 4.68. The molecule has 0 saturated heterocycles. The molecule has 2 aromatic rings. The van der Waals surface area contributed by atoms with Crippen LogP contribution in [0.5, 0.6) is 5.75 Å². The molecule has 2 aromatic carbocycles. The monoisotopic (exact) mass is 292 g/mol. The largest absolute Gasteiger partial charge is 0.494 e. The van der Waals surface area contributed by atoms with E-state index in [0.717, 1.165) is 11.1 Å². The van der Waals surface area contributed by atoms with E-state index in [1.807, 2.05) is 6.07 Å². The van der Waals surface area contributed by atoms with Crippen molar-refractivity contribution in [3.63, 3.8) is 0 Å². The Kier molecular flexibility index (Phi) is 4.88. The van der Waals surface area contributed by atoms with Crippen molar-refractivity contribution in [3.8, 4) is 5.75 Å². The number of nitrogens with one attached hydrogen (secondary N) is 1. The summed E-state index contributed by atoms with van der Waals surface area (Å²) in [6, 6.07) is 9.37. The van der Waals surface area contributed by atoms with Gasteiger partial charge in [-0.25, -0.2) is 8.78 Å². The van der Waals surface area contributed by atoms with Crippen LogP contribution in [0.4, 0.5) is 8.78 Å². The zero-order chi connectivity index (χ0) is 15.4. The molecule has 1 atom stereocenters. The summed E-state index contributed by atoms with van der Waals surface area (Å²) >= 11 is 0. The fourth-order valence-corrected chi connectivity index (χ4v) is 2.17. The number of hydrazine groups is 1. The van der Waals surface area contributed by atoms with Crippen LogP contribution in [0.25, 0.3) is 0 Å². The quantitative estimate of drug-likeness (QED) is 0.658. The van der Waals surface area contributed by atoms with Gasteiger partial charge in [0.1, 0.15) is 5.82 Å². The number of methoxy groups -OCH3 is 1. The third kappa shape index (κ3) is 3.56. The molecule has 1 unspecified atom stereocenters. The molecule has 0 aliphatic carbocycles. The van der Waals surface area contributed by atoms with Crippen molar-refractivity contribution in [1.82, 2.24) is 5.43 Å². The highest BCUT2D eigenvalue weighted by Gasteiger charge is 2.13. The van der Waals surface area contributed by atoms with E-state index >= 15 is 0 Å². The van der Waals surface area contributed by atoms with E-state index in [2.05, 4.69) is 5.43 Å². The molecule has 0 aliphatic rings.